The zero-order valence-electron chi connectivity index (χ0n) is 14.4. The van der Waals surface area contributed by atoms with E-state index in [0.29, 0.717) is 0 Å². The molecule has 1 aliphatic rings. The van der Waals surface area contributed by atoms with E-state index < -0.39 is 24.2 Å². The second-order valence-electron chi connectivity index (χ2n) is 5.97. The first-order valence-electron chi connectivity index (χ1n) is 8.40. The molecule has 8 heteroatoms. The van der Waals surface area contributed by atoms with Gasteiger partial charge in [0, 0.05) is 4.91 Å². The van der Waals surface area contributed by atoms with Gasteiger partial charge in [-0.2, -0.15) is 0 Å². The highest BCUT2D eigenvalue weighted by molar-refractivity contribution is 5.89. The Kier molecular flexibility index (Phi) is 6.04. The number of benzene rings is 2. The minimum atomic E-state index is -0.799. The summed E-state index contributed by atoms with van der Waals surface area (Å²) in [5.41, 5.74) is 10.1. The molecule has 0 saturated carbocycles. The molecule has 0 aromatic heterocycles. The second kappa shape index (κ2) is 8.84. The molecule has 1 amide bonds. The zero-order valence-corrected chi connectivity index (χ0v) is 14.4. The largest absolute Gasteiger partial charge is 0.451 e. The van der Waals surface area contributed by atoms with E-state index in [1.165, 1.54) is 0 Å². The van der Waals surface area contributed by atoms with E-state index in [4.69, 9.17) is 15.0 Å². The van der Waals surface area contributed by atoms with Crippen LogP contribution in [0, 0.1) is 0 Å². The Bertz CT molecular complexity index is 796. The molecule has 27 heavy (non-hydrogen) atoms. The van der Waals surface area contributed by atoms with E-state index in [9.17, 15) is 9.59 Å². The van der Waals surface area contributed by atoms with Gasteiger partial charge in [-0.05, 0) is 16.7 Å². The minimum absolute atomic E-state index is 0.0614. The molecule has 8 nitrogen and oxygen atoms in total. The van der Waals surface area contributed by atoms with Crippen LogP contribution in [0.3, 0.4) is 0 Å². The average molecular weight is 366 g/mol. The van der Waals surface area contributed by atoms with Crippen LogP contribution in [0.2, 0.25) is 0 Å². The van der Waals surface area contributed by atoms with Gasteiger partial charge in [0.1, 0.15) is 12.6 Å². The van der Waals surface area contributed by atoms with Crippen molar-refractivity contribution in [3.8, 4) is 0 Å². The molecule has 1 saturated heterocycles. The van der Waals surface area contributed by atoms with Crippen molar-refractivity contribution in [3.05, 3.63) is 82.2 Å². The van der Waals surface area contributed by atoms with Gasteiger partial charge in [0.25, 0.3) is 0 Å². The lowest BCUT2D eigenvalue weighted by Crippen LogP contribution is -2.63. The summed E-state index contributed by atoms with van der Waals surface area (Å²) in [5, 5.41) is 5.95. The van der Waals surface area contributed by atoms with Crippen molar-refractivity contribution in [1.82, 2.24) is 5.32 Å². The molecule has 1 fully saturated rings. The summed E-state index contributed by atoms with van der Waals surface area (Å²) in [6.45, 7) is -0.211. The predicted molar refractivity (Wildman–Crippen MR) is 96.5 cm³/mol. The van der Waals surface area contributed by atoms with Crippen LogP contribution in [0.5, 0.6) is 0 Å². The van der Waals surface area contributed by atoms with Crippen LogP contribution in [0.4, 0.5) is 0 Å². The van der Waals surface area contributed by atoms with Gasteiger partial charge in [-0.3, -0.25) is 4.79 Å². The Labute approximate surface area is 155 Å². The van der Waals surface area contributed by atoms with Crippen molar-refractivity contribution in [2.45, 2.75) is 18.2 Å². The lowest BCUT2D eigenvalue weighted by molar-refractivity contribution is -0.153. The van der Waals surface area contributed by atoms with E-state index in [2.05, 4.69) is 15.3 Å². The van der Waals surface area contributed by atoms with Crippen molar-refractivity contribution in [1.29, 1.82) is 0 Å². The van der Waals surface area contributed by atoms with Crippen molar-refractivity contribution >= 4 is 11.9 Å². The number of carbonyl (C=O) groups excluding carboxylic acids is 2. The van der Waals surface area contributed by atoms with Gasteiger partial charge in [-0.1, -0.05) is 65.8 Å². The fourth-order valence-electron chi connectivity index (χ4n) is 2.77. The number of rotatable bonds is 8. The highest BCUT2D eigenvalue weighted by Crippen LogP contribution is 2.26. The molecular weight excluding hydrogens is 348 g/mol. The first-order valence-corrected chi connectivity index (χ1v) is 8.40. The van der Waals surface area contributed by atoms with Crippen molar-refractivity contribution in [2.75, 3.05) is 13.2 Å². The molecule has 1 heterocycles. The molecule has 1 aliphatic heterocycles. The molecule has 2 aromatic rings. The molecule has 1 N–H and O–H groups in total. The first-order chi connectivity index (χ1) is 13.2. The molecular formula is C19H18N4O4. The lowest BCUT2D eigenvalue weighted by atomic mass is 10.0. The standard InChI is InChI=1S/C19H18N4O4/c20-23-22-17-15(21-19(17)25)11-26-12-16(24)27-18(13-7-3-1-4-8-13)14-9-5-2-6-10-14/h1-10,15,17-18H,11-12H2,(H,21,25)/t15-,17+/m1/s1. The van der Waals surface area contributed by atoms with Gasteiger partial charge >= 0.3 is 5.97 Å². The Morgan fingerprint density at radius 1 is 1.11 bits per heavy atom. The normalized spacial score (nSPS) is 18.2. The summed E-state index contributed by atoms with van der Waals surface area (Å²) in [4.78, 5) is 26.1. The van der Waals surface area contributed by atoms with Crippen LogP contribution in [-0.2, 0) is 19.1 Å². The number of amides is 1. The SMILES string of the molecule is [N-]=[N+]=N[C@@H]1C(=O)N[C@@H]1COCC(=O)OC(c1ccccc1)c1ccccc1. The third-order valence-corrected chi connectivity index (χ3v) is 4.12. The van der Waals surface area contributed by atoms with Crippen LogP contribution in [-0.4, -0.2) is 37.2 Å². The van der Waals surface area contributed by atoms with E-state index in [1.807, 2.05) is 60.7 Å². The molecule has 0 spiro atoms. The van der Waals surface area contributed by atoms with Crippen LogP contribution in [0.15, 0.2) is 65.8 Å². The number of ether oxygens (including phenoxy) is 2. The third-order valence-electron chi connectivity index (χ3n) is 4.12. The third kappa shape index (κ3) is 4.63. The maximum absolute atomic E-state index is 12.2. The van der Waals surface area contributed by atoms with Crippen LogP contribution >= 0.6 is 0 Å². The maximum atomic E-state index is 12.2. The number of nitrogens with one attached hydrogen (secondary N) is 1. The molecule has 2 aromatic carbocycles. The monoisotopic (exact) mass is 366 g/mol. The fourth-order valence-corrected chi connectivity index (χ4v) is 2.77. The molecule has 0 bridgehead atoms. The van der Waals surface area contributed by atoms with Gasteiger partial charge in [0.2, 0.25) is 5.91 Å². The van der Waals surface area contributed by atoms with Crippen LogP contribution in [0.1, 0.15) is 17.2 Å². The Hall–Kier alpha value is -3.35. The molecule has 2 atom stereocenters. The van der Waals surface area contributed by atoms with Crippen LogP contribution in [0.25, 0.3) is 10.4 Å². The van der Waals surface area contributed by atoms with Crippen molar-refractivity contribution < 1.29 is 19.1 Å². The van der Waals surface area contributed by atoms with Gasteiger partial charge < -0.3 is 14.8 Å². The van der Waals surface area contributed by atoms with Gasteiger partial charge in [-0.15, -0.1) is 0 Å². The molecule has 3 rings (SSSR count). The molecule has 0 radical (unpaired) electrons. The summed E-state index contributed by atoms with van der Waals surface area (Å²) in [5.74, 6) is -0.879. The number of hydrogen-bond acceptors (Lipinski definition) is 5. The predicted octanol–water partition coefficient (Wildman–Crippen LogP) is 2.51. The van der Waals surface area contributed by atoms with Crippen LogP contribution < -0.4 is 5.32 Å². The number of esters is 1. The van der Waals surface area contributed by atoms with Gasteiger partial charge in [-0.25, -0.2) is 4.79 Å². The molecule has 0 unspecified atom stereocenters. The van der Waals surface area contributed by atoms with Gasteiger partial charge in [0.05, 0.1) is 12.6 Å². The van der Waals surface area contributed by atoms with Gasteiger partial charge in [0.15, 0.2) is 6.10 Å². The van der Waals surface area contributed by atoms with Crippen molar-refractivity contribution in [2.24, 2.45) is 5.11 Å². The number of azide groups is 1. The molecule has 138 valence electrons. The Morgan fingerprint density at radius 3 is 2.22 bits per heavy atom. The van der Waals surface area contributed by atoms with E-state index in [0.717, 1.165) is 11.1 Å². The second-order valence-corrected chi connectivity index (χ2v) is 5.97. The maximum Gasteiger partial charge on any atom is 0.333 e. The molecule has 0 aliphatic carbocycles. The number of β-lactam (4-membered cyclic amide) rings is 1. The quantitative estimate of drug-likeness (QED) is 0.254. The Balaban J connectivity index is 1.57. The summed E-state index contributed by atoms with van der Waals surface area (Å²) >= 11 is 0. The highest BCUT2D eigenvalue weighted by atomic mass is 16.6. The Morgan fingerprint density at radius 2 is 1.70 bits per heavy atom. The lowest BCUT2D eigenvalue weighted by Gasteiger charge is -2.33. The average Bonchev–Trinajstić information content (AvgIpc) is 2.71. The van der Waals surface area contributed by atoms with E-state index in [-0.39, 0.29) is 19.1 Å². The van der Waals surface area contributed by atoms with E-state index in [1.54, 1.807) is 0 Å². The van der Waals surface area contributed by atoms with E-state index >= 15 is 0 Å². The highest BCUT2D eigenvalue weighted by Gasteiger charge is 2.38. The number of hydrogen-bond donors (Lipinski definition) is 1. The smallest absolute Gasteiger partial charge is 0.333 e. The summed E-state index contributed by atoms with van der Waals surface area (Å²) < 4.78 is 10.9. The first kappa shape index (κ1) is 18.4. The number of nitrogens with zero attached hydrogens (tertiary/aromatic N) is 3. The minimum Gasteiger partial charge on any atom is -0.451 e. The number of carbonyl (C=O) groups is 2. The van der Waals surface area contributed by atoms with Crippen molar-refractivity contribution in [3.63, 3.8) is 0 Å². The summed E-state index contributed by atoms with van der Waals surface area (Å²) in [6, 6.07) is 17.6. The zero-order chi connectivity index (χ0) is 19.1. The summed E-state index contributed by atoms with van der Waals surface area (Å²) in [7, 11) is 0. The fraction of sp³-hybridized carbons (Fsp3) is 0.263. The summed E-state index contributed by atoms with van der Waals surface area (Å²) in [6.07, 6.45) is -0.539. The topological polar surface area (TPSA) is 113 Å².